The first-order valence-electron chi connectivity index (χ1n) is 3.76. The smallest absolute Gasteiger partial charge is 0.257 e. The Morgan fingerprint density at radius 1 is 1.31 bits per heavy atom. The van der Waals surface area contributed by atoms with Gasteiger partial charge >= 0.3 is 0 Å². The van der Waals surface area contributed by atoms with Crippen molar-refractivity contribution in [3.63, 3.8) is 0 Å². The van der Waals surface area contributed by atoms with Crippen molar-refractivity contribution in [2.45, 2.75) is 12.5 Å². The number of halogens is 2. The van der Waals surface area contributed by atoms with E-state index in [1.165, 1.54) is 6.07 Å². The van der Waals surface area contributed by atoms with Crippen LogP contribution in [0.15, 0.2) is 24.3 Å². The van der Waals surface area contributed by atoms with Gasteiger partial charge in [-0.1, -0.05) is 24.1 Å². The van der Waals surface area contributed by atoms with Gasteiger partial charge in [0.05, 0.1) is 6.04 Å². The van der Waals surface area contributed by atoms with E-state index in [9.17, 15) is 8.78 Å². The Hall–Kier alpha value is -1.40. The lowest BCUT2D eigenvalue weighted by atomic mass is 10.0. The van der Waals surface area contributed by atoms with Gasteiger partial charge in [-0.25, -0.2) is 8.78 Å². The van der Waals surface area contributed by atoms with E-state index in [1.54, 1.807) is 18.2 Å². The summed E-state index contributed by atoms with van der Waals surface area (Å²) >= 11 is 0. The van der Waals surface area contributed by atoms with Gasteiger partial charge in [0.2, 0.25) is 0 Å². The third-order valence-corrected chi connectivity index (χ3v) is 1.75. The van der Waals surface area contributed by atoms with E-state index in [0.717, 1.165) is 0 Å². The highest BCUT2D eigenvalue weighted by Gasteiger charge is 2.19. The van der Waals surface area contributed by atoms with Gasteiger partial charge in [0.25, 0.3) is 6.43 Å². The normalized spacial score (nSPS) is 12.5. The molecule has 2 N–H and O–H groups in total. The van der Waals surface area contributed by atoms with Crippen molar-refractivity contribution in [2.75, 3.05) is 0 Å². The molecule has 0 amide bonds. The first-order chi connectivity index (χ1) is 6.16. The number of alkyl halides is 2. The predicted octanol–water partition coefficient (Wildman–Crippen LogP) is 1.93. The molecular formula is C10H9F2N. The van der Waals surface area contributed by atoms with E-state index in [-0.39, 0.29) is 0 Å². The fraction of sp³-hybridized carbons (Fsp3) is 0.200. The molecule has 1 unspecified atom stereocenters. The van der Waals surface area contributed by atoms with Crippen LogP contribution in [-0.2, 0) is 0 Å². The Kier molecular flexibility index (Phi) is 2.99. The predicted molar refractivity (Wildman–Crippen MR) is 47.3 cm³/mol. The molecule has 1 rings (SSSR count). The molecule has 0 saturated carbocycles. The van der Waals surface area contributed by atoms with E-state index in [0.29, 0.717) is 11.1 Å². The highest BCUT2D eigenvalue weighted by molar-refractivity contribution is 5.41. The van der Waals surface area contributed by atoms with Gasteiger partial charge in [0.15, 0.2) is 0 Å². The zero-order chi connectivity index (χ0) is 9.84. The molecule has 13 heavy (non-hydrogen) atoms. The summed E-state index contributed by atoms with van der Waals surface area (Å²) in [5.74, 6) is 2.32. The summed E-state index contributed by atoms with van der Waals surface area (Å²) < 4.78 is 24.5. The van der Waals surface area contributed by atoms with Crippen molar-refractivity contribution in [3.05, 3.63) is 35.4 Å². The molecule has 3 heteroatoms. The molecule has 1 atom stereocenters. The lowest BCUT2D eigenvalue weighted by Gasteiger charge is -2.12. The minimum absolute atomic E-state index is 0.319. The summed E-state index contributed by atoms with van der Waals surface area (Å²) in [4.78, 5) is 0. The molecule has 1 aromatic carbocycles. The van der Waals surface area contributed by atoms with Crippen molar-refractivity contribution >= 4 is 0 Å². The second kappa shape index (κ2) is 4.01. The third kappa shape index (κ3) is 2.04. The van der Waals surface area contributed by atoms with Gasteiger partial charge in [-0.15, -0.1) is 6.42 Å². The zero-order valence-electron chi connectivity index (χ0n) is 6.87. The van der Waals surface area contributed by atoms with Gasteiger partial charge in [-0.3, -0.25) is 0 Å². The van der Waals surface area contributed by atoms with Crippen LogP contribution in [0.2, 0.25) is 0 Å². The SMILES string of the molecule is C#Cc1ccccc1C(N)C(F)F. The van der Waals surface area contributed by atoms with Crippen LogP contribution < -0.4 is 5.73 Å². The van der Waals surface area contributed by atoms with Crippen molar-refractivity contribution in [3.8, 4) is 12.3 Å². The molecule has 1 nitrogen and oxygen atoms in total. The molecule has 1 aromatic rings. The molecule has 0 spiro atoms. The van der Waals surface area contributed by atoms with Crippen LogP contribution >= 0.6 is 0 Å². The second-order valence-electron chi connectivity index (χ2n) is 2.59. The maximum absolute atomic E-state index is 12.2. The number of benzene rings is 1. The topological polar surface area (TPSA) is 26.0 Å². The molecular weight excluding hydrogens is 172 g/mol. The minimum atomic E-state index is -2.59. The van der Waals surface area contributed by atoms with Gasteiger partial charge in [0.1, 0.15) is 0 Å². The Bertz CT molecular complexity index is 328. The van der Waals surface area contributed by atoms with Gasteiger partial charge in [-0.05, 0) is 11.6 Å². The molecule has 0 heterocycles. The van der Waals surface area contributed by atoms with Crippen LogP contribution in [0, 0.1) is 12.3 Å². The molecule has 0 aliphatic rings. The van der Waals surface area contributed by atoms with Gasteiger partial charge in [-0.2, -0.15) is 0 Å². The summed E-state index contributed by atoms with van der Waals surface area (Å²) in [7, 11) is 0. The van der Waals surface area contributed by atoms with E-state index < -0.39 is 12.5 Å². The maximum atomic E-state index is 12.2. The summed E-state index contributed by atoms with van der Waals surface area (Å²) in [6, 6.07) is 5.14. The summed E-state index contributed by atoms with van der Waals surface area (Å²) in [6.07, 6.45) is 2.55. The van der Waals surface area contributed by atoms with Crippen molar-refractivity contribution < 1.29 is 8.78 Å². The van der Waals surface area contributed by atoms with Crippen LogP contribution in [0.4, 0.5) is 8.78 Å². The highest BCUT2D eigenvalue weighted by atomic mass is 19.3. The average Bonchev–Trinajstić information content (AvgIpc) is 2.16. The Labute approximate surface area is 75.6 Å². The van der Waals surface area contributed by atoms with Crippen molar-refractivity contribution in [1.82, 2.24) is 0 Å². The maximum Gasteiger partial charge on any atom is 0.257 e. The fourth-order valence-corrected chi connectivity index (χ4v) is 1.05. The number of hydrogen-bond donors (Lipinski definition) is 1. The Morgan fingerprint density at radius 3 is 2.46 bits per heavy atom. The number of hydrogen-bond acceptors (Lipinski definition) is 1. The van der Waals surface area contributed by atoms with Crippen LogP contribution in [0.1, 0.15) is 17.2 Å². The standard InChI is InChI=1S/C10H9F2N/c1-2-7-5-3-4-6-8(7)9(13)10(11)12/h1,3-6,9-10H,13H2. The Morgan fingerprint density at radius 2 is 1.92 bits per heavy atom. The summed E-state index contributed by atoms with van der Waals surface area (Å²) in [5, 5.41) is 0. The molecule has 0 radical (unpaired) electrons. The first-order valence-corrected chi connectivity index (χ1v) is 3.76. The average molecular weight is 181 g/mol. The van der Waals surface area contributed by atoms with Crippen LogP contribution in [-0.4, -0.2) is 6.43 Å². The van der Waals surface area contributed by atoms with Crippen molar-refractivity contribution in [2.24, 2.45) is 5.73 Å². The summed E-state index contributed by atoms with van der Waals surface area (Å²) in [5.41, 5.74) is 6.01. The number of nitrogens with two attached hydrogens (primary N) is 1. The minimum Gasteiger partial charge on any atom is -0.319 e. The van der Waals surface area contributed by atoms with Crippen LogP contribution in [0.5, 0.6) is 0 Å². The quantitative estimate of drug-likeness (QED) is 0.693. The highest BCUT2D eigenvalue weighted by Crippen LogP contribution is 2.20. The van der Waals surface area contributed by atoms with E-state index in [2.05, 4.69) is 5.92 Å². The second-order valence-corrected chi connectivity index (χ2v) is 2.59. The van der Waals surface area contributed by atoms with E-state index >= 15 is 0 Å². The molecule has 0 saturated heterocycles. The molecule has 0 aliphatic heterocycles. The van der Waals surface area contributed by atoms with Crippen LogP contribution in [0.25, 0.3) is 0 Å². The summed E-state index contributed by atoms with van der Waals surface area (Å²) in [6.45, 7) is 0. The van der Waals surface area contributed by atoms with Crippen LogP contribution in [0.3, 0.4) is 0 Å². The molecule has 68 valence electrons. The van der Waals surface area contributed by atoms with Crippen molar-refractivity contribution in [1.29, 1.82) is 0 Å². The largest absolute Gasteiger partial charge is 0.319 e. The molecule has 0 fully saturated rings. The van der Waals surface area contributed by atoms with E-state index in [1.807, 2.05) is 0 Å². The monoisotopic (exact) mass is 181 g/mol. The third-order valence-electron chi connectivity index (χ3n) is 1.75. The van der Waals surface area contributed by atoms with E-state index in [4.69, 9.17) is 12.2 Å². The molecule has 0 aliphatic carbocycles. The lowest BCUT2D eigenvalue weighted by Crippen LogP contribution is -2.19. The van der Waals surface area contributed by atoms with Gasteiger partial charge in [0, 0.05) is 5.56 Å². The fourth-order valence-electron chi connectivity index (χ4n) is 1.05. The number of terminal acetylenes is 1. The van der Waals surface area contributed by atoms with Gasteiger partial charge < -0.3 is 5.73 Å². The lowest BCUT2D eigenvalue weighted by molar-refractivity contribution is 0.116. The first kappa shape index (κ1) is 9.69. The zero-order valence-corrected chi connectivity index (χ0v) is 6.87. The molecule has 0 aromatic heterocycles. The molecule has 0 bridgehead atoms. The Balaban J connectivity index is 3.07. The number of rotatable bonds is 2.